The molecule has 0 spiro atoms. The van der Waals surface area contributed by atoms with E-state index >= 15 is 0 Å². The smallest absolute Gasteiger partial charge is 0.308 e. The van der Waals surface area contributed by atoms with Gasteiger partial charge >= 0.3 is 5.97 Å². The van der Waals surface area contributed by atoms with Crippen LogP contribution in [0.3, 0.4) is 0 Å². The van der Waals surface area contributed by atoms with Crippen LogP contribution in [0.25, 0.3) is 0 Å². The summed E-state index contributed by atoms with van der Waals surface area (Å²) in [5, 5.41) is 0. The van der Waals surface area contributed by atoms with E-state index in [1.165, 1.54) is 9.80 Å². The van der Waals surface area contributed by atoms with Gasteiger partial charge in [-0.25, -0.2) is 0 Å². The Morgan fingerprint density at radius 2 is 1.49 bits per heavy atom. The molecule has 0 aromatic heterocycles. The molecule has 1 aliphatic heterocycles. The minimum absolute atomic E-state index is 0.212. The highest BCUT2D eigenvalue weighted by Crippen LogP contribution is 2.30. The minimum Gasteiger partial charge on any atom is -0.460 e. The number of likely N-dealkylation sites (tertiary alicyclic amines) is 1. The third-order valence-electron chi connectivity index (χ3n) is 7.09. The van der Waals surface area contributed by atoms with Crippen LogP contribution in [0.5, 0.6) is 0 Å². The molecule has 1 saturated carbocycles. The Kier molecular flexibility index (Phi) is 9.73. The van der Waals surface area contributed by atoms with Crippen LogP contribution in [-0.4, -0.2) is 88.8 Å². The molecule has 1 unspecified atom stereocenters. The van der Waals surface area contributed by atoms with E-state index in [0.717, 1.165) is 32.1 Å². The van der Waals surface area contributed by atoms with E-state index in [4.69, 9.17) is 10.5 Å². The first-order chi connectivity index (χ1) is 16.2. The summed E-state index contributed by atoms with van der Waals surface area (Å²) in [5.41, 5.74) is 4.75. The van der Waals surface area contributed by atoms with Gasteiger partial charge < -0.3 is 25.2 Å². The Hall–Kier alpha value is -2.16. The number of rotatable bonds is 8. The first-order valence-electron chi connectivity index (χ1n) is 13.0. The third-order valence-corrected chi connectivity index (χ3v) is 7.09. The third kappa shape index (κ3) is 7.41. The molecular formula is C26H46N4O5. The highest BCUT2D eigenvalue weighted by atomic mass is 16.6. The maximum Gasteiger partial charge on any atom is 0.308 e. The average molecular weight is 495 g/mol. The average Bonchev–Trinajstić information content (AvgIpc) is 3.22. The maximum absolute atomic E-state index is 13.8. The van der Waals surface area contributed by atoms with Crippen LogP contribution in [-0.2, 0) is 23.9 Å². The monoisotopic (exact) mass is 494 g/mol. The van der Waals surface area contributed by atoms with E-state index < -0.39 is 29.2 Å². The van der Waals surface area contributed by atoms with Gasteiger partial charge in [0.25, 0.3) is 0 Å². The van der Waals surface area contributed by atoms with Crippen molar-refractivity contribution in [2.24, 2.45) is 11.7 Å². The molecule has 0 bridgehead atoms. The van der Waals surface area contributed by atoms with Crippen LogP contribution in [0.4, 0.5) is 0 Å². The van der Waals surface area contributed by atoms with Crippen LogP contribution in [0.1, 0.15) is 86.0 Å². The summed E-state index contributed by atoms with van der Waals surface area (Å²) in [4.78, 5) is 57.9. The Morgan fingerprint density at radius 1 is 0.943 bits per heavy atom. The predicted molar refractivity (Wildman–Crippen MR) is 134 cm³/mol. The predicted octanol–water partition coefficient (Wildman–Crippen LogP) is 2.31. The molecule has 35 heavy (non-hydrogen) atoms. The SMILES string of the molecule is CC(C)[C@@H](C(=O)N(C)C(CC(=O)OC(C)(C)C)C(=O)N1CCCCC1)N(C)C(=O)C1(N)CCCC1. The minimum atomic E-state index is -1.00. The van der Waals surface area contributed by atoms with E-state index in [1.54, 1.807) is 39.8 Å². The van der Waals surface area contributed by atoms with Crippen molar-refractivity contribution in [3.8, 4) is 0 Å². The van der Waals surface area contributed by atoms with Gasteiger partial charge in [-0.2, -0.15) is 0 Å². The lowest BCUT2D eigenvalue weighted by molar-refractivity contribution is -0.162. The number of hydrogen-bond acceptors (Lipinski definition) is 6. The number of ether oxygens (including phenoxy) is 1. The zero-order chi connectivity index (χ0) is 26.6. The highest BCUT2D eigenvalue weighted by molar-refractivity contribution is 5.95. The molecule has 2 N–H and O–H groups in total. The number of carbonyl (C=O) groups is 4. The normalized spacial score (nSPS) is 19.7. The molecule has 2 aliphatic rings. The van der Waals surface area contributed by atoms with Crippen molar-refractivity contribution >= 4 is 23.7 Å². The fraction of sp³-hybridized carbons (Fsp3) is 0.846. The van der Waals surface area contributed by atoms with Gasteiger partial charge in [-0.1, -0.05) is 26.7 Å². The first kappa shape index (κ1) is 29.1. The lowest BCUT2D eigenvalue weighted by atomic mass is 9.93. The molecule has 1 aliphatic carbocycles. The first-order valence-corrected chi connectivity index (χ1v) is 13.0. The number of nitrogens with two attached hydrogens (primary N) is 1. The van der Waals surface area contributed by atoms with Crippen molar-refractivity contribution in [3.63, 3.8) is 0 Å². The second-order valence-electron chi connectivity index (χ2n) is 11.6. The molecule has 1 saturated heterocycles. The standard InChI is InChI=1S/C26H46N4O5/c1-18(2)21(29(7)24(34)26(27)13-9-10-14-26)23(33)28(6)19(17-20(31)35-25(3,4)5)22(32)30-15-11-8-12-16-30/h18-19,21H,8-17,27H2,1-7H3/t19?,21-/m0/s1. The van der Waals surface area contributed by atoms with Crippen molar-refractivity contribution < 1.29 is 23.9 Å². The van der Waals surface area contributed by atoms with E-state index in [0.29, 0.717) is 25.9 Å². The summed E-state index contributed by atoms with van der Waals surface area (Å²) >= 11 is 0. The summed E-state index contributed by atoms with van der Waals surface area (Å²) in [6.45, 7) is 10.2. The number of carbonyl (C=O) groups excluding carboxylic acids is 4. The Balaban J connectivity index is 2.30. The second-order valence-corrected chi connectivity index (χ2v) is 11.6. The van der Waals surface area contributed by atoms with Crippen molar-refractivity contribution in [2.45, 2.75) is 109 Å². The quantitative estimate of drug-likeness (QED) is 0.518. The van der Waals surface area contributed by atoms with E-state index in [-0.39, 0.29) is 30.1 Å². The molecule has 0 aromatic carbocycles. The zero-order valence-electron chi connectivity index (χ0n) is 22.8. The number of piperidine rings is 1. The largest absolute Gasteiger partial charge is 0.460 e. The van der Waals surface area contributed by atoms with Gasteiger partial charge in [-0.15, -0.1) is 0 Å². The van der Waals surface area contributed by atoms with Gasteiger partial charge in [0.1, 0.15) is 17.7 Å². The van der Waals surface area contributed by atoms with E-state index in [2.05, 4.69) is 0 Å². The number of likely N-dealkylation sites (N-methyl/N-ethyl adjacent to an activating group) is 2. The molecule has 2 fully saturated rings. The Morgan fingerprint density at radius 3 is 1.97 bits per heavy atom. The summed E-state index contributed by atoms with van der Waals surface area (Å²) in [6, 6.07) is -1.80. The number of amides is 3. The van der Waals surface area contributed by atoms with Crippen LogP contribution in [0, 0.1) is 5.92 Å². The zero-order valence-corrected chi connectivity index (χ0v) is 22.8. The van der Waals surface area contributed by atoms with Gasteiger partial charge in [0.15, 0.2) is 0 Å². The second kappa shape index (κ2) is 11.7. The fourth-order valence-corrected chi connectivity index (χ4v) is 5.21. The van der Waals surface area contributed by atoms with Crippen LogP contribution in [0.15, 0.2) is 0 Å². The van der Waals surface area contributed by atoms with Crippen molar-refractivity contribution in [2.75, 3.05) is 27.2 Å². The van der Waals surface area contributed by atoms with Gasteiger partial charge in [0.2, 0.25) is 17.7 Å². The summed E-state index contributed by atoms with van der Waals surface area (Å²) in [7, 11) is 3.15. The van der Waals surface area contributed by atoms with E-state index in [1.807, 2.05) is 13.8 Å². The summed E-state index contributed by atoms with van der Waals surface area (Å²) < 4.78 is 5.48. The van der Waals surface area contributed by atoms with Gasteiger partial charge in [0.05, 0.1) is 12.0 Å². The molecule has 1 heterocycles. The molecule has 2 rings (SSSR count). The van der Waals surface area contributed by atoms with E-state index in [9.17, 15) is 19.2 Å². The molecule has 3 amide bonds. The number of nitrogens with zero attached hydrogens (tertiary/aromatic N) is 3. The van der Waals surface area contributed by atoms with Crippen molar-refractivity contribution in [1.82, 2.24) is 14.7 Å². The molecule has 0 aromatic rings. The lowest BCUT2D eigenvalue weighted by Crippen LogP contribution is -2.61. The lowest BCUT2D eigenvalue weighted by Gasteiger charge is -2.40. The molecular weight excluding hydrogens is 448 g/mol. The van der Waals surface area contributed by atoms with Gasteiger partial charge in [0, 0.05) is 27.2 Å². The van der Waals surface area contributed by atoms with Crippen LogP contribution < -0.4 is 5.73 Å². The van der Waals surface area contributed by atoms with Gasteiger partial charge in [-0.3, -0.25) is 19.2 Å². The van der Waals surface area contributed by atoms with Crippen molar-refractivity contribution in [1.29, 1.82) is 0 Å². The molecule has 9 heteroatoms. The highest BCUT2D eigenvalue weighted by Gasteiger charge is 2.45. The topological polar surface area (TPSA) is 113 Å². The van der Waals surface area contributed by atoms with Crippen LogP contribution in [0.2, 0.25) is 0 Å². The molecule has 0 radical (unpaired) electrons. The summed E-state index contributed by atoms with van der Waals surface area (Å²) in [6.07, 6.45) is 5.58. The molecule has 200 valence electrons. The number of hydrogen-bond donors (Lipinski definition) is 1. The molecule has 9 nitrogen and oxygen atoms in total. The van der Waals surface area contributed by atoms with Crippen LogP contribution >= 0.6 is 0 Å². The van der Waals surface area contributed by atoms with Gasteiger partial charge in [-0.05, 0) is 58.8 Å². The summed E-state index contributed by atoms with van der Waals surface area (Å²) in [5.74, 6) is -1.63. The Bertz CT molecular complexity index is 779. The maximum atomic E-state index is 13.8. The molecule has 2 atom stereocenters. The number of esters is 1. The Labute approximate surface area is 210 Å². The fourth-order valence-electron chi connectivity index (χ4n) is 5.21. The van der Waals surface area contributed by atoms with Crippen molar-refractivity contribution in [3.05, 3.63) is 0 Å².